The van der Waals surface area contributed by atoms with E-state index >= 15 is 0 Å². The Morgan fingerprint density at radius 1 is 1.29 bits per heavy atom. The van der Waals surface area contributed by atoms with Crippen molar-refractivity contribution in [2.45, 2.75) is 44.7 Å². The van der Waals surface area contributed by atoms with Gasteiger partial charge in [-0.25, -0.2) is 0 Å². The van der Waals surface area contributed by atoms with Crippen LogP contribution in [0.2, 0.25) is 0 Å². The first-order chi connectivity index (χ1) is 7.91. The standard InChI is InChI=1S/C13H18Br2OS/c1-6-5-10(14)13(17-6)12(15)11-7(2)8(3)16-9(11)4/h5,7-9,11-12H,1-4H3. The topological polar surface area (TPSA) is 9.23 Å². The Bertz CT molecular complexity index is 404. The predicted molar refractivity (Wildman–Crippen MR) is 81.1 cm³/mol. The van der Waals surface area contributed by atoms with Gasteiger partial charge in [0.15, 0.2) is 0 Å². The van der Waals surface area contributed by atoms with Crippen LogP contribution in [0.5, 0.6) is 0 Å². The molecule has 0 bridgehead atoms. The van der Waals surface area contributed by atoms with Crippen LogP contribution in [0.15, 0.2) is 10.5 Å². The highest BCUT2D eigenvalue weighted by molar-refractivity contribution is 9.11. The molecule has 0 radical (unpaired) electrons. The van der Waals surface area contributed by atoms with Gasteiger partial charge in [0.25, 0.3) is 0 Å². The molecular weight excluding hydrogens is 364 g/mol. The molecular formula is C13H18Br2OS. The van der Waals surface area contributed by atoms with Crippen LogP contribution in [0, 0.1) is 18.8 Å². The van der Waals surface area contributed by atoms with E-state index in [0.29, 0.717) is 28.9 Å². The van der Waals surface area contributed by atoms with Crippen LogP contribution < -0.4 is 0 Å². The largest absolute Gasteiger partial charge is 0.375 e. The third-order valence-electron chi connectivity index (χ3n) is 3.74. The molecule has 0 spiro atoms. The van der Waals surface area contributed by atoms with Gasteiger partial charge in [-0.2, -0.15) is 0 Å². The van der Waals surface area contributed by atoms with E-state index in [0.717, 1.165) is 0 Å². The normalized spacial score (nSPS) is 35.2. The van der Waals surface area contributed by atoms with Crippen molar-refractivity contribution in [3.05, 3.63) is 20.3 Å². The summed E-state index contributed by atoms with van der Waals surface area (Å²) < 4.78 is 7.16. The summed E-state index contributed by atoms with van der Waals surface area (Å²) >= 11 is 9.41. The Labute approximate surface area is 124 Å². The molecule has 5 atom stereocenters. The molecule has 2 rings (SSSR count). The first kappa shape index (κ1) is 14.0. The Balaban J connectivity index is 2.25. The second-order valence-corrected chi connectivity index (χ2v) is 8.08. The van der Waals surface area contributed by atoms with Crippen molar-refractivity contribution < 1.29 is 4.74 Å². The molecule has 5 unspecified atom stereocenters. The zero-order chi connectivity index (χ0) is 12.7. The molecule has 17 heavy (non-hydrogen) atoms. The second-order valence-electron chi connectivity index (χ2n) is 4.95. The molecule has 1 aromatic rings. The fourth-order valence-corrected chi connectivity index (χ4v) is 6.34. The molecule has 0 N–H and O–H groups in total. The molecule has 1 aromatic heterocycles. The van der Waals surface area contributed by atoms with Gasteiger partial charge in [-0.05, 0) is 48.7 Å². The quantitative estimate of drug-likeness (QED) is 0.630. The summed E-state index contributed by atoms with van der Waals surface area (Å²) in [5.74, 6) is 1.13. The minimum absolute atomic E-state index is 0.318. The zero-order valence-corrected chi connectivity index (χ0v) is 14.5. The van der Waals surface area contributed by atoms with Gasteiger partial charge >= 0.3 is 0 Å². The summed E-state index contributed by atoms with van der Waals surface area (Å²) in [5.41, 5.74) is 0. The van der Waals surface area contributed by atoms with Crippen LogP contribution in [0.4, 0.5) is 0 Å². The summed E-state index contributed by atoms with van der Waals surface area (Å²) in [7, 11) is 0. The van der Waals surface area contributed by atoms with Gasteiger partial charge in [-0.15, -0.1) is 11.3 Å². The maximum atomic E-state index is 5.93. The van der Waals surface area contributed by atoms with Gasteiger partial charge < -0.3 is 4.74 Å². The van der Waals surface area contributed by atoms with E-state index in [2.05, 4.69) is 65.6 Å². The molecule has 0 aromatic carbocycles. The molecule has 4 heteroatoms. The third kappa shape index (κ3) is 2.65. The van der Waals surface area contributed by atoms with Gasteiger partial charge in [0.2, 0.25) is 0 Å². The molecule has 1 saturated heterocycles. The summed E-state index contributed by atoms with van der Waals surface area (Å²) in [6, 6.07) is 2.20. The molecule has 2 heterocycles. The predicted octanol–water partition coefficient (Wildman–Crippen LogP) is 5.31. The lowest BCUT2D eigenvalue weighted by Crippen LogP contribution is -2.21. The van der Waals surface area contributed by atoms with Crippen molar-refractivity contribution in [2.75, 3.05) is 0 Å². The van der Waals surface area contributed by atoms with E-state index in [1.165, 1.54) is 14.2 Å². The van der Waals surface area contributed by atoms with Crippen LogP contribution in [-0.2, 0) is 4.74 Å². The van der Waals surface area contributed by atoms with Crippen LogP contribution in [0.1, 0.15) is 35.4 Å². The van der Waals surface area contributed by atoms with Crippen molar-refractivity contribution in [3.8, 4) is 0 Å². The van der Waals surface area contributed by atoms with Crippen molar-refractivity contribution in [3.63, 3.8) is 0 Å². The number of aryl methyl sites for hydroxylation is 1. The SMILES string of the molecule is Cc1cc(Br)c(C(Br)C2C(C)OC(C)C2C)s1. The molecule has 0 aliphatic carbocycles. The van der Waals surface area contributed by atoms with Crippen LogP contribution in [-0.4, -0.2) is 12.2 Å². The Hall–Kier alpha value is 0.620. The highest BCUT2D eigenvalue weighted by Gasteiger charge is 2.42. The first-order valence-electron chi connectivity index (χ1n) is 5.97. The van der Waals surface area contributed by atoms with Gasteiger partial charge in [0.1, 0.15) is 0 Å². The zero-order valence-electron chi connectivity index (χ0n) is 10.5. The minimum Gasteiger partial charge on any atom is -0.375 e. The maximum Gasteiger partial charge on any atom is 0.0596 e. The molecule has 0 amide bonds. The number of ether oxygens (including phenoxy) is 1. The Morgan fingerprint density at radius 2 is 1.94 bits per heavy atom. The first-order valence-corrected chi connectivity index (χ1v) is 8.49. The second kappa shape index (κ2) is 5.32. The van der Waals surface area contributed by atoms with E-state index in [1.54, 1.807) is 0 Å². The highest BCUT2D eigenvalue weighted by atomic mass is 79.9. The monoisotopic (exact) mass is 380 g/mol. The van der Waals surface area contributed by atoms with Crippen molar-refractivity contribution in [1.82, 2.24) is 0 Å². The number of halogens is 2. The van der Waals surface area contributed by atoms with E-state index in [4.69, 9.17) is 4.74 Å². The van der Waals surface area contributed by atoms with Gasteiger partial charge in [-0.1, -0.05) is 22.9 Å². The fourth-order valence-electron chi connectivity index (χ4n) is 2.66. The van der Waals surface area contributed by atoms with E-state index in [-0.39, 0.29) is 0 Å². The van der Waals surface area contributed by atoms with Gasteiger partial charge in [-0.3, -0.25) is 0 Å². The van der Waals surface area contributed by atoms with E-state index in [1.807, 2.05) is 11.3 Å². The van der Waals surface area contributed by atoms with Gasteiger partial charge in [0.05, 0.1) is 17.0 Å². The number of rotatable bonds is 2. The van der Waals surface area contributed by atoms with E-state index in [9.17, 15) is 0 Å². The molecule has 1 aliphatic heterocycles. The number of hydrogen-bond acceptors (Lipinski definition) is 2. The Morgan fingerprint density at radius 3 is 2.35 bits per heavy atom. The summed E-state index contributed by atoms with van der Waals surface area (Å²) in [5, 5.41) is 0. The van der Waals surface area contributed by atoms with Crippen LogP contribution in [0.3, 0.4) is 0 Å². The summed E-state index contributed by atoms with van der Waals surface area (Å²) in [6.07, 6.45) is 0.675. The lowest BCUT2D eigenvalue weighted by atomic mass is 9.86. The fraction of sp³-hybridized carbons (Fsp3) is 0.692. The molecule has 0 saturated carbocycles. The summed E-state index contributed by atoms with van der Waals surface area (Å²) in [6.45, 7) is 8.81. The lowest BCUT2D eigenvalue weighted by molar-refractivity contribution is 0.0511. The number of thiophene rings is 1. The Kier molecular flexibility index (Phi) is 4.39. The molecule has 1 fully saturated rings. The average molecular weight is 382 g/mol. The summed E-state index contributed by atoms with van der Waals surface area (Å²) in [4.78, 5) is 3.12. The van der Waals surface area contributed by atoms with Crippen molar-refractivity contribution >= 4 is 43.2 Å². The number of hydrogen-bond donors (Lipinski definition) is 0. The maximum absolute atomic E-state index is 5.93. The number of alkyl halides is 1. The highest BCUT2D eigenvalue weighted by Crippen LogP contribution is 2.48. The smallest absolute Gasteiger partial charge is 0.0596 e. The van der Waals surface area contributed by atoms with Gasteiger partial charge in [0, 0.05) is 20.1 Å². The molecule has 1 nitrogen and oxygen atoms in total. The van der Waals surface area contributed by atoms with Crippen molar-refractivity contribution in [1.29, 1.82) is 0 Å². The third-order valence-corrected chi connectivity index (χ3v) is 7.17. The van der Waals surface area contributed by atoms with Crippen molar-refractivity contribution in [2.24, 2.45) is 11.8 Å². The minimum atomic E-state index is 0.318. The lowest BCUT2D eigenvalue weighted by Gasteiger charge is -2.24. The molecule has 96 valence electrons. The van der Waals surface area contributed by atoms with E-state index < -0.39 is 0 Å². The van der Waals surface area contributed by atoms with Crippen LogP contribution >= 0.6 is 43.2 Å². The molecule has 1 aliphatic rings. The van der Waals surface area contributed by atoms with Crippen LogP contribution in [0.25, 0.3) is 0 Å². The average Bonchev–Trinajstić information content (AvgIpc) is 2.68.